The molecule has 3 aromatic carbocycles. The van der Waals surface area contributed by atoms with Gasteiger partial charge in [-0.3, -0.25) is 9.59 Å². The Morgan fingerprint density at radius 1 is 0.862 bits per heavy atom. The number of ether oxygens (including phenoxy) is 1. The van der Waals surface area contributed by atoms with Crippen molar-refractivity contribution in [1.82, 2.24) is 0 Å². The maximum Gasteiger partial charge on any atom is 0.416 e. The molecular weight excluding hydrogens is 383 g/mol. The lowest BCUT2D eigenvalue weighted by Gasteiger charge is -2.12. The average Bonchev–Trinajstić information content (AvgIpc) is 2.68. The van der Waals surface area contributed by atoms with Gasteiger partial charge in [0.2, 0.25) is 0 Å². The zero-order valence-electron chi connectivity index (χ0n) is 15.3. The van der Waals surface area contributed by atoms with E-state index in [2.05, 4.69) is 5.32 Å². The molecule has 0 spiro atoms. The number of halogens is 3. The van der Waals surface area contributed by atoms with Gasteiger partial charge in [-0.25, -0.2) is 0 Å². The molecule has 0 unspecified atom stereocenters. The third-order valence-corrected chi connectivity index (χ3v) is 4.07. The lowest BCUT2D eigenvalue weighted by atomic mass is 9.98. The van der Waals surface area contributed by atoms with E-state index in [1.54, 1.807) is 48.5 Å². The predicted molar refractivity (Wildman–Crippen MR) is 103 cm³/mol. The molecule has 0 bridgehead atoms. The highest BCUT2D eigenvalue weighted by atomic mass is 19.4. The van der Waals surface area contributed by atoms with Crippen molar-refractivity contribution in [2.75, 3.05) is 5.32 Å². The molecular formula is C22H16F3NO3. The molecule has 1 amide bonds. The quantitative estimate of drug-likeness (QED) is 0.462. The van der Waals surface area contributed by atoms with Crippen molar-refractivity contribution in [3.63, 3.8) is 0 Å². The van der Waals surface area contributed by atoms with Crippen molar-refractivity contribution in [1.29, 1.82) is 0 Å². The molecule has 0 aromatic heterocycles. The lowest BCUT2D eigenvalue weighted by Crippen LogP contribution is -2.13. The van der Waals surface area contributed by atoms with Gasteiger partial charge in [0.15, 0.2) is 0 Å². The first-order chi connectivity index (χ1) is 13.7. The summed E-state index contributed by atoms with van der Waals surface area (Å²) in [4.78, 5) is 23.7. The average molecular weight is 399 g/mol. The van der Waals surface area contributed by atoms with Crippen LogP contribution in [0.4, 0.5) is 18.9 Å². The fourth-order valence-corrected chi connectivity index (χ4v) is 2.74. The second kappa shape index (κ2) is 8.18. The van der Waals surface area contributed by atoms with E-state index in [1.165, 1.54) is 19.1 Å². The summed E-state index contributed by atoms with van der Waals surface area (Å²) >= 11 is 0. The first-order valence-electron chi connectivity index (χ1n) is 8.60. The van der Waals surface area contributed by atoms with Crippen LogP contribution in [0.2, 0.25) is 0 Å². The first kappa shape index (κ1) is 20.1. The van der Waals surface area contributed by atoms with Crippen LogP contribution < -0.4 is 10.1 Å². The minimum atomic E-state index is -4.42. The molecule has 0 saturated heterocycles. The molecule has 0 saturated carbocycles. The van der Waals surface area contributed by atoms with Crippen LogP contribution in [-0.2, 0) is 11.0 Å². The second-order valence-electron chi connectivity index (χ2n) is 6.19. The van der Waals surface area contributed by atoms with Crippen LogP contribution in [0, 0.1) is 0 Å². The fourth-order valence-electron chi connectivity index (χ4n) is 2.74. The highest BCUT2D eigenvalue weighted by Crippen LogP contribution is 2.32. The third-order valence-electron chi connectivity index (χ3n) is 4.07. The van der Waals surface area contributed by atoms with Crippen molar-refractivity contribution in [3.05, 3.63) is 83.9 Å². The summed E-state index contributed by atoms with van der Waals surface area (Å²) in [5.74, 6) is -0.520. The van der Waals surface area contributed by atoms with Crippen molar-refractivity contribution < 1.29 is 27.5 Å². The molecule has 4 nitrogen and oxygen atoms in total. The first-order valence-corrected chi connectivity index (χ1v) is 8.60. The Balaban J connectivity index is 1.83. The van der Waals surface area contributed by atoms with Gasteiger partial charge < -0.3 is 10.1 Å². The smallest absolute Gasteiger partial charge is 0.416 e. The summed E-state index contributed by atoms with van der Waals surface area (Å²) in [7, 11) is 0. The molecule has 0 radical (unpaired) electrons. The predicted octanol–water partition coefficient (Wildman–Crippen LogP) is 5.55. The van der Waals surface area contributed by atoms with Crippen LogP contribution in [0.1, 0.15) is 22.8 Å². The van der Waals surface area contributed by atoms with Gasteiger partial charge in [0, 0.05) is 18.2 Å². The second-order valence-corrected chi connectivity index (χ2v) is 6.19. The van der Waals surface area contributed by atoms with Crippen LogP contribution in [0.15, 0.2) is 72.8 Å². The number of carbonyl (C=O) groups is 2. The van der Waals surface area contributed by atoms with Crippen LogP contribution in [0.3, 0.4) is 0 Å². The van der Waals surface area contributed by atoms with E-state index in [1.807, 2.05) is 0 Å². The zero-order valence-corrected chi connectivity index (χ0v) is 15.3. The number of anilines is 1. The summed E-state index contributed by atoms with van der Waals surface area (Å²) in [6, 6.07) is 17.5. The molecule has 0 aliphatic carbocycles. The van der Waals surface area contributed by atoms with Crippen LogP contribution in [0.5, 0.6) is 5.75 Å². The largest absolute Gasteiger partial charge is 0.427 e. The number of alkyl halides is 3. The number of esters is 1. The van der Waals surface area contributed by atoms with E-state index in [0.717, 1.165) is 12.1 Å². The van der Waals surface area contributed by atoms with Gasteiger partial charge in [-0.1, -0.05) is 30.3 Å². The molecule has 0 aliphatic heterocycles. The number of hydrogen-bond acceptors (Lipinski definition) is 3. The van der Waals surface area contributed by atoms with Crippen molar-refractivity contribution in [2.45, 2.75) is 13.1 Å². The van der Waals surface area contributed by atoms with E-state index in [0.29, 0.717) is 28.1 Å². The third kappa shape index (κ3) is 5.01. The molecule has 29 heavy (non-hydrogen) atoms. The molecule has 0 fully saturated rings. The Morgan fingerprint density at radius 2 is 1.48 bits per heavy atom. The maximum absolute atomic E-state index is 12.8. The number of benzene rings is 3. The van der Waals surface area contributed by atoms with Gasteiger partial charge in [0.25, 0.3) is 5.91 Å². The van der Waals surface area contributed by atoms with Gasteiger partial charge in [-0.2, -0.15) is 13.2 Å². The lowest BCUT2D eigenvalue weighted by molar-refractivity contribution is -0.137. The summed E-state index contributed by atoms with van der Waals surface area (Å²) in [6.45, 7) is 1.29. The number of nitrogens with one attached hydrogen (secondary N) is 1. The SMILES string of the molecule is CC(=O)Oc1ccc(NC(=O)c2ccccc2-c2ccc(C(F)(F)F)cc2)cc1. The van der Waals surface area contributed by atoms with Gasteiger partial charge in [-0.05, 0) is 53.6 Å². The Kier molecular flexibility index (Phi) is 5.68. The summed E-state index contributed by atoms with van der Waals surface area (Å²) in [5.41, 5.74) is 1.05. The fraction of sp³-hybridized carbons (Fsp3) is 0.0909. The standard InChI is InChI=1S/C22H16F3NO3/c1-14(27)29-18-12-10-17(11-13-18)26-21(28)20-5-3-2-4-19(20)15-6-8-16(9-7-15)22(23,24)25/h2-13H,1H3,(H,26,28). The van der Waals surface area contributed by atoms with Crippen LogP contribution >= 0.6 is 0 Å². The maximum atomic E-state index is 12.8. The molecule has 7 heteroatoms. The van der Waals surface area contributed by atoms with Gasteiger partial charge >= 0.3 is 12.1 Å². The highest BCUT2D eigenvalue weighted by molar-refractivity contribution is 6.08. The molecule has 0 aliphatic rings. The monoisotopic (exact) mass is 399 g/mol. The van der Waals surface area contributed by atoms with E-state index in [4.69, 9.17) is 4.74 Å². The summed E-state index contributed by atoms with van der Waals surface area (Å²) < 4.78 is 43.3. The van der Waals surface area contributed by atoms with Crippen molar-refractivity contribution >= 4 is 17.6 Å². The molecule has 0 atom stereocenters. The molecule has 1 N–H and O–H groups in total. The molecule has 148 valence electrons. The van der Waals surface area contributed by atoms with E-state index in [9.17, 15) is 22.8 Å². The normalized spacial score (nSPS) is 11.0. The number of hydrogen-bond donors (Lipinski definition) is 1. The Labute approximate surface area is 164 Å². The van der Waals surface area contributed by atoms with Crippen LogP contribution in [-0.4, -0.2) is 11.9 Å². The summed E-state index contributed by atoms with van der Waals surface area (Å²) in [6.07, 6.45) is -4.42. The molecule has 3 aromatic rings. The molecule has 0 heterocycles. The van der Waals surface area contributed by atoms with Gasteiger partial charge in [0.1, 0.15) is 5.75 Å². The minimum Gasteiger partial charge on any atom is -0.427 e. The topological polar surface area (TPSA) is 55.4 Å². The number of rotatable bonds is 4. The zero-order chi connectivity index (χ0) is 21.0. The highest BCUT2D eigenvalue weighted by Gasteiger charge is 2.30. The Bertz CT molecular complexity index is 1030. The Morgan fingerprint density at radius 3 is 2.07 bits per heavy atom. The Hall–Kier alpha value is -3.61. The van der Waals surface area contributed by atoms with Crippen LogP contribution in [0.25, 0.3) is 11.1 Å². The molecule has 3 rings (SSSR count). The van der Waals surface area contributed by atoms with Crippen molar-refractivity contribution in [3.8, 4) is 16.9 Å². The van der Waals surface area contributed by atoms with Crippen molar-refractivity contribution in [2.24, 2.45) is 0 Å². The van der Waals surface area contributed by atoms with E-state index >= 15 is 0 Å². The van der Waals surface area contributed by atoms with E-state index < -0.39 is 23.6 Å². The number of amides is 1. The minimum absolute atomic E-state index is 0.316. The van der Waals surface area contributed by atoms with Gasteiger partial charge in [-0.15, -0.1) is 0 Å². The summed E-state index contributed by atoms with van der Waals surface area (Å²) in [5, 5.41) is 2.73. The van der Waals surface area contributed by atoms with Gasteiger partial charge in [0.05, 0.1) is 5.56 Å². The number of carbonyl (C=O) groups excluding carboxylic acids is 2. The van der Waals surface area contributed by atoms with E-state index in [-0.39, 0.29) is 0 Å².